The summed E-state index contributed by atoms with van der Waals surface area (Å²) in [5, 5.41) is 22.2. The first kappa shape index (κ1) is 23.6. The number of β-amino-alcohol motifs (C(OH)–C–C–N with tert-alkyl or cyclic N) is 1. The zero-order valence-corrected chi connectivity index (χ0v) is 20.4. The van der Waals surface area contributed by atoms with E-state index in [1.54, 1.807) is 33.1 Å². The molecule has 1 aliphatic rings. The third kappa shape index (κ3) is 4.74. The van der Waals surface area contributed by atoms with Gasteiger partial charge in [-0.2, -0.15) is 0 Å². The van der Waals surface area contributed by atoms with Gasteiger partial charge in [0.05, 0.1) is 41.9 Å². The summed E-state index contributed by atoms with van der Waals surface area (Å²) in [7, 11) is 1.59. The number of aliphatic hydroxyl groups is 2. The standard InChI is InChI=1S/C23H25N3O5S2/c1-13-24-16-6-5-14(31-4)9-15(16)20(25-13)32-10-17(27)18-7-8-19(33-18)23(3,30)21(28)26-11-22(2,29)12-26/h5-9,29-30H,10-12H2,1-4H3/t23-/m1/s1. The topological polar surface area (TPSA) is 113 Å². The van der Waals surface area contributed by atoms with E-state index in [0.29, 0.717) is 26.4 Å². The maximum atomic E-state index is 12.9. The zero-order chi connectivity index (χ0) is 24.0. The number of aryl methyl sites for hydroxylation is 1. The van der Waals surface area contributed by atoms with Gasteiger partial charge >= 0.3 is 0 Å². The average Bonchev–Trinajstić information content (AvgIpc) is 3.26. The van der Waals surface area contributed by atoms with Crippen molar-refractivity contribution in [3.63, 3.8) is 0 Å². The lowest BCUT2D eigenvalue weighted by atomic mass is 9.93. The Balaban J connectivity index is 1.48. The van der Waals surface area contributed by atoms with Crippen LogP contribution in [0.2, 0.25) is 0 Å². The molecule has 33 heavy (non-hydrogen) atoms. The molecule has 1 saturated heterocycles. The van der Waals surface area contributed by atoms with Crippen LogP contribution in [-0.2, 0) is 10.4 Å². The Kier molecular flexibility index (Phi) is 6.21. The monoisotopic (exact) mass is 487 g/mol. The number of amides is 1. The van der Waals surface area contributed by atoms with Crippen LogP contribution < -0.4 is 4.74 Å². The molecule has 0 spiro atoms. The molecule has 1 aromatic carbocycles. The minimum absolute atomic E-state index is 0.126. The minimum Gasteiger partial charge on any atom is -0.497 e. The Bertz CT molecular complexity index is 1230. The summed E-state index contributed by atoms with van der Waals surface area (Å²) in [6.45, 7) is 5.21. The molecule has 2 aromatic heterocycles. The van der Waals surface area contributed by atoms with Crippen molar-refractivity contribution in [1.82, 2.24) is 14.9 Å². The molecule has 1 atom stereocenters. The summed E-state index contributed by atoms with van der Waals surface area (Å²) >= 11 is 2.41. The second-order valence-corrected chi connectivity index (χ2v) is 10.6. The van der Waals surface area contributed by atoms with Gasteiger partial charge in [-0.3, -0.25) is 9.59 Å². The maximum absolute atomic E-state index is 12.9. The molecule has 8 nitrogen and oxygen atoms in total. The third-order valence-corrected chi connectivity index (χ3v) is 7.78. The molecule has 2 N–H and O–H groups in total. The van der Waals surface area contributed by atoms with Crippen LogP contribution in [0, 0.1) is 6.92 Å². The molecule has 174 valence electrons. The van der Waals surface area contributed by atoms with E-state index in [4.69, 9.17) is 4.74 Å². The summed E-state index contributed by atoms with van der Waals surface area (Å²) in [6.07, 6.45) is 0. The van der Waals surface area contributed by atoms with Gasteiger partial charge in [0.1, 0.15) is 16.6 Å². The summed E-state index contributed by atoms with van der Waals surface area (Å²) < 4.78 is 5.30. The highest BCUT2D eigenvalue weighted by molar-refractivity contribution is 8.00. The van der Waals surface area contributed by atoms with Crippen molar-refractivity contribution in [1.29, 1.82) is 0 Å². The number of methoxy groups -OCH3 is 1. The first-order valence-electron chi connectivity index (χ1n) is 10.3. The predicted octanol–water partition coefficient (Wildman–Crippen LogP) is 2.78. The molecule has 1 fully saturated rings. The summed E-state index contributed by atoms with van der Waals surface area (Å²) in [6, 6.07) is 8.77. The van der Waals surface area contributed by atoms with Crippen molar-refractivity contribution < 1.29 is 24.5 Å². The lowest BCUT2D eigenvalue weighted by Gasteiger charge is -2.46. The largest absolute Gasteiger partial charge is 0.497 e. The number of ketones is 1. The number of likely N-dealkylation sites (tertiary alicyclic amines) is 1. The van der Waals surface area contributed by atoms with E-state index in [1.165, 1.54) is 23.6 Å². The van der Waals surface area contributed by atoms with Crippen molar-refractivity contribution in [2.45, 2.75) is 37.0 Å². The van der Waals surface area contributed by atoms with E-state index in [2.05, 4.69) is 9.97 Å². The lowest BCUT2D eigenvalue weighted by Crippen LogP contribution is -2.64. The molecule has 4 rings (SSSR count). The number of carbonyl (C=O) groups is 2. The number of hydrogen-bond acceptors (Lipinski definition) is 9. The fourth-order valence-electron chi connectivity index (χ4n) is 3.71. The minimum atomic E-state index is -1.76. The van der Waals surface area contributed by atoms with Gasteiger partial charge in [-0.1, -0.05) is 11.8 Å². The van der Waals surface area contributed by atoms with E-state index < -0.39 is 17.1 Å². The van der Waals surface area contributed by atoms with Gasteiger partial charge in [0.2, 0.25) is 0 Å². The third-order valence-electron chi connectivity index (χ3n) is 5.45. The van der Waals surface area contributed by atoms with Gasteiger partial charge in [-0.05, 0) is 51.1 Å². The molecule has 0 unspecified atom stereocenters. The molecule has 3 heterocycles. The van der Waals surface area contributed by atoms with Crippen molar-refractivity contribution in [3.05, 3.63) is 45.9 Å². The molecule has 0 aliphatic carbocycles. The van der Waals surface area contributed by atoms with E-state index >= 15 is 0 Å². The van der Waals surface area contributed by atoms with Crippen LogP contribution >= 0.6 is 23.1 Å². The first-order valence-corrected chi connectivity index (χ1v) is 12.1. The fraction of sp³-hybridized carbons (Fsp3) is 0.391. The fourth-order valence-corrected chi connectivity index (χ4v) is 5.73. The van der Waals surface area contributed by atoms with Gasteiger partial charge < -0.3 is 19.8 Å². The Hall–Kier alpha value is -2.53. The molecular weight excluding hydrogens is 462 g/mol. The summed E-state index contributed by atoms with van der Waals surface area (Å²) in [4.78, 5) is 36.7. The number of nitrogens with zero attached hydrogens (tertiary/aromatic N) is 3. The summed E-state index contributed by atoms with van der Waals surface area (Å²) in [5.74, 6) is 0.829. The van der Waals surface area contributed by atoms with Crippen LogP contribution in [0.1, 0.15) is 34.2 Å². The Morgan fingerprint density at radius 2 is 2.00 bits per heavy atom. The first-order chi connectivity index (χ1) is 15.5. The number of ether oxygens (including phenoxy) is 1. The predicted molar refractivity (Wildman–Crippen MR) is 127 cm³/mol. The molecule has 10 heteroatoms. The SMILES string of the molecule is COc1ccc2nc(C)nc(SCC(=O)c3ccc([C@@](C)(O)C(=O)N4CC(C)(O)C4)s3)c2c1. The Morgan fingerprint density at radius 1 is 1.27 bits per heavy atom. The number of benzene rings is 1. The Morgan fingerprint density at radius 3 is 2.67 bits per heavy atom. The molecule has 0 radical (unpaired) electrons. The molecule has 1 aliphatic heterocycles. The number of carbonyl (C=O) groups excluding carboxylic acids is 2. The molecule has 1 amide bonds. The molecule has 3 aromatic rings. The molecule has 0 saturated carbocycles. The number of thiophene rings is 1. The van der Waals surface area contributed by atoms with Gasteiger partial charge in [0, 0.05) is 10.3 Å². The smallest absolute Gasteiger partial charge is 0.259 e. The maximum Gasteiger partial charge on any atom is 0.259 e. The van der Waals surface area contributed by atoms with Crippen molar-refractivity contribution >= 4 is 45.7 Å². The van der Waals surface area contributed by atoms with Crippen molar-refractivity contribution in [2.75, 3.05) is 26.0 Å². The lowest BCUT2D eigenvalue weighted by molar-refractivity contribution is -0.170. The van der Waals surface area contributed by atoms with Gasteiger partial charge in [-0.25, -0.2) is 9.97 Å². The zero-order valence-electron chi connectivity index (χ0n) is 18.8. The number of rotatable bonds is 7. The number of Topliss-reactive ketones (excluding diaryl/α,β-unsaturated/α-hetero) is 1. The average molecular weight is 488 g/mol. The van der Waals surface area contributed by atoms with Gasteiger partial charge in [-0.15, -0.1) is 11.3 Å². The highest BCUT2D eigenvalue weighted by Gasteiger charge is 2.46. The number of hydrogen-bond donors (Lipinski definition) is 2. The van der Waals surface area contributed by atoms with E-state index in [1.807, 2.05) is 18.2 Å². The second-order valence-electron chi connectivity index (χ2n) is 8.57. The number of aromatic nitrogens is 2. The van der Waals surface area contributed by atoms with Crippen LogP contribution in [0.4, 0.5) is 0 Å². The van der Waals surface area contributed by atoms with Crippen LogP contribution in [0.5, 0.6) is 5.75 Å². The number of fused-ring (bicyclic) bond motifs is 1. The normalized spacial score (nSPS) is 16.8. The quantitative estimate of drug-likeness (QED) is 0.297. The van der Waals surface area contributed by atoms with Crippen LogP contribution in [0.25, 0.3) is 10.9 Å². The van der Waals surface area contributed by atoms with E-state index in [9.17, 15) is 19.8 Å². The van der Waals surface area contributed by atoms with Crippen LogP contribution in [-0.4, -0.2) is 68.3 Å². The highest BCUT2D eigenvalue weighted by atomic mass is 32.2. The van der Waals surface area contributed by atoms with Crippen molar-refractivity contribution in [2.24, 2.45) is 0 Å². The van der Waals surface area contributed by atoms with E-state index in [0.717, 1.165) is 22.2 Å². The van der Waals surface area contributed by atoms with Crippen molar-refractivity contribution in [3.8, 4) is 5.75 Å². The molecular formula is C23H25N3O5S2. The van der Waals surface area contributed by atoms with Gasteiger partial charge in [0.15, 0.2) is 11.4 Å². The van der Waals surface area contributed by atoms with Crippen LogP contribution in [0.15, 0.2) is 35.4 Å². The number of thioether (sulfide) groups is 1. The van der Waals surface area contributed by atoms with E-state index in [-0.39, 0.29) is 24.6 Å². The molecule has 0 bridgehead atoms. The second kappa shape index (κ2) is 8.68. The van der Waals surface area contributed by atoms with Gasteiger partial charge in [0.25, 0.3) is 5.91 Å². The highest BCUT2D eigenvalue weighted by Crippen LogP contribution is 2.34. The van der Waals surface area contributed by atoms with Crippen LogP contribution in [0.3, 0.4) is 0 Å². The summed E-state index contributed by atoms with van der Waals surface area (Å²) in [5.41, 5.74) is -1.91. The Labute approximate surface area is 199 Å².